The first-order chi connectivity index (χ1) is 11.0. The molecular formula is C21H34O2. The second kappa shape index (κ2) is 4.97. The van der Waals surface area contributed by atoms with Gasteiger partial charge >= 0.3 is 0 Å². The van der Waals surface area contributed by atoms with Crippen LogP contribution in [-0.4, -0.2) is 19.0 Å². The highest BCUT2D eigenvalue weighted by molar-refractivity contribution is 5.08. The number of hydrogen-bond acceptors (Lipinski definition) is 2. The predicted molar refractivity (Wildman–Crippen MR) is 91.0 cm³/mol. The molecule has 130 valence electrons. The Morgan fingerprint density at radius 2 is 1.61 bits per heavy atom. The van der Waals surface area contributed by atoms with Gasteiger partial charge in [0.2, 0.25) is 0 Å². The quantitative estimate of drug-likeness (QED) is 0.614. The zero-order valence-electron chi connectivity index (χ0n) is 15.1. The van der Waals surface area contributed by atoms with Crippen molar-refractivity contribution in [3.63, 3.8) is 0 Å². The van der Waals surface area contributed by atoms with E-state index >= 15 is 0 Å². The van der Waals surface area contributed by atoms with Gasteiger partial charge in [-0.2, -0.15) is 0 Å². The minimum atomic E-state index is -0.187. The van der Waals surface area contributed by atoms with E-state index < -0.39 is 0 Å². The molecule has 6 atom stereocenters. The van der Waals surface area contributed by atoms with Crippen molar-refractivity contribution < 1.29 is 9.47 Å². The van der Waals surface area contributed by atoms with Gasteiger partial charge in [-0.15, -0.1) is 0 Å². The van der Waals surface area contributed by atoms with Crippen molar-refractivity contribution in [1.82, 2.24) is 0 Å². The van der Waals surface area contributed by atoms with E-state index in [-0.39, 0.29) is 5.79 Å². The van der Waals surface area contributed by atoms with Gasteiger partial charge in [-0.05, 0) is 79.4 Å². The van der Waals surface area contributed by atoms with Gasteiger partial charge < -0.3 is 9.47 Å². The van der Waals surface area contributed by atoms with Crippen LogP contribution < -0.4 is 0 Å². The van der Waals surface area contributed by atoms with Crippen molar-refractivity contribution in [2.45, 2.75) is 83.8 Å². The van der Waals surface area contributed by atoms with Crippen LogP contribution in [0.4, 0.5) is 0 Å². The molecule has 0 unspecified atom stereocenters. The number of fused-ring (bicyclic) bond motifs is 5. The van der Waals surface area contributed by atoms with Gasteiger partial charge in [-0.1, -0.05) is 20.3 Å². The SMILES string of the molecule is C[C@@]12CCC[C@@H]1[C@H]1CC[C@H]3CC4(CC[C@]3(C)[C@H]1CC2)OCCO4. The highest BCUT2D eigenvalue weighted by atomic mass is 16.7. The molecule has 0 radical (unpaired) electrons. The van der Waals surface area contributed by atoms with Crippen LogP contribution >= 0.6 is 0 Å². The minimum absolute atomic E-state index is 0.187. The first kappa shape index (κ1) is 15.2. The predicted octanol–water partition coefficient (Wildman–Crippen LogP) is 5.16. The molecule has 2 nitrogen and oxygen atoms in total. The average Bonchev–Trinajstić information content (AvgIpc) is 3.15. The van der Waals surface area contributed by atoms with Crippen LogP contribution in [0.1, 0.15) is 78.1 Å². The third-order valence-corrected chi connectivity index (χ3v) is 9.26. The average molecular weight is 319 g/mol. The van der Waals surface area contributed by atoms with Crippen LogP contribution in [0.2, 0.25) is 0 Å². The molecule has 2 heteroatoms. The van der Waals surface area contributed by atoms with Crippen molar-refractivity contribution in [2.75, 3.05) is 13.2 Å². The summed E-state index contributed by atoms with van der Waals surface area (Å²) in [5, 5.41) is 0. The van der Waals surface area contributed by atoms with Crippen LogP contribution in [0.5, 0.6) is 0 Å². The third kappa shape index (κ3) is 2.06. The first-order valence-electron chi connectivity index (χ1n) is 10.3. The summed E-state index contributed by atoms with van der Waals surface area (Å²) in [6.07, 6.45) is 14.1. The lowest BCUT2D eigenvalue weighted by Crippen LogP contribution is -2.55. The summed E-state index contributed by atoms with van der Waals surface area (Å²) in [4.78, 5) is 0. The van der Waals surface area contributed by atoms with E-state index in [0.29, 0.717) is 10.8 Å². The molecule has 5 rings (SSSR count). The van der Waals surface area contributed by atoms with E-state index in [1.54, 1.807) is 0 Å². The Bertz CT molecular complexity index is 482. The van der Waals surface area contributed by atoms with Crippen LogP contribution in [0.15, 0.2) is 0 Å². The zero-order chi connectivity index (χ0) is 15.7. The van der Waals surface area contributed by atoms with E-state index in [4.69, 9.17) is 9.47 Å². The highest BCUT2D eigenvalue weighted by Gasteiger charge is 2.60. The van der Waals surface area contributed by atoms with Gasteiger partial charge in [0.25, 0.3) is 0 Å². The topological polar surface area (TPSA) is 18.5 Å². The molecule has 5 aliphatic rings. The van der Waals surface area contributed by atoms with Gasteiger partial charge in [-0.25, -0.2) is 0 Å². The Morgan fingerprint density at radius 1 is 0.783 bits per heavy atom. The molecule has 4 aliphatic carbocycles. The lowest BCUT2D eigenvalue weighted by Gasteiger charge is -2.61. The molecule has 4 saturated carbocycles. The maximum absolute atomic E-state index is 6.07. The fourth-order valence-electron chi connectivity index (χ4n) is 7.95. The van der Waals surface area contributed by atoms with E-state index in [9.17, 15) is 0 Å². The van der Waals surface area contributed by atoms with E-state index in [0.717, 1.165) is 43.3 Å². The number of ether oxygens (including phenoxy) is 2. The smallest absolute Gasteiger partial charge is 0.168 e. The zero-order valence-corrected chi connectivity index (χ0v) is 15.1. The van der Waals surface area contributed by atoms with Gasteiger partial charge in [-0.3, -0.25) is 0 Å². The molecule has 0 amide bonds. The molecule has 0 aromatic rings. The number of hydrogen-bond donors (Lipinski definition) is 0. The second-order valence-corrected chi connectivity index (χ2v) is 10.1. The molecule has 0 N–H and O–H groups in total. The summed E-state index contributed by atoms with van der Waals surface area (Å²) in [6, 6.07) is 0. The molecule has 5 fully saturated rings. The lowest BCUT2D eigenvalue weighted by atomic mass is 9.45. The van der Waals surface area contributed by atoms with E-state index in [1.807, 2.05) is 0 Å². The third-order valence-electron chi connectivity index (χ3n) is 9.26. The molecule has 0 aromatic heterocycles. The van der Waals surface area contributed by atoms with Crippen molar-refractivity contribution in [3.05, 3.63) is 0 Å². The summed E-state index contributed by atoms with van der Waals surface area (Å²) in [5.41, 5.74) is 1.26. The summed E-state index contributed by atoms with van der Waals surface area (Å²) in [6.45, 7) is 6.89. The monoisotopic (exact) mass is 318 g/mol. The van der Waals surface area contributed by atoms with Gasteiger partial charge in [0, 0.05) is 12.8 Å². The lowest BCUT2D eigenvalue weighted by molar-refractivity contribution is -0.229. The van der Waals surface area contributed by atoms with Crippen LogP contribution in [0, 0.1) is 34.5 Å². The summed E-state index contributed by atoms with van der Waals surface area (Å²) in [5.74, 6) is 3.69. The van der Waals surface area contributed by atoms with Crippen molar-refractivity contribution in [2.24, 2.45) is 34.5 Å². The highest BCUT2D eigenvalue weighted by Crippen LogP contribution is 2.67. The van der Waals surface area contributed by atoms with Gasteiger partial charge in [0.05, 0.1) is 13.2 Å². The Kier molecular flexibility index (Phi) is 3.29. The molecule has 1 heterocycles. The maximum atomic E-state index is 6.07. The van der Waals surface area contributed by atoms with E-state index in [1.165, 1.54) is 57.8 Å². The van der Waals surface area contributed by atoms with Crippen LogP contribution in [-0.2, 0) is 9.47 Å². The maximum Gasteiger partial charge on any atom is 0.168 e. The van der Waals surface area contributed by atoms with Crippen LogP contribution in [0.25, 0.3) is 0 Å². The number of rotatable bonds is 0. The molecule has 1 spiro atoms. The summed E-state index contributed by atoms with van der Waals surface area (Å²) < 4.78 is 12.1. The minimum Gasteiger partial charge on any atom is -0.348 e. The second-order valence-electron chi connectivity index (χ2n) is 10.1. The Labute approximate surface area is 141 Å². The van der Waals surface area contributed by atoms with Crippen molar-refractivity contribution in [3.8, 4) is 0 Å². The summed E-state index contributed by atoms with van der Waals surface area (Å²) in [7, 11) is 0. The van der Waals surface area contributed by atoms with Gasteiger partial charge in [0.1, 0.15) is 0 Å². The molecule has 0 bridgehead atoms. The molecule has 1 aliphatic heterocycles. The van der Waals surface area contributed by atoms with E-state index in [2.05, 4.69) is 13.8 Å². The first-order valence-corrected chi connectivity index (χ1v) is 10.3. The Morgan fingerprint density at radius 3 is 2.43 bits per heavy atom. The van der Waals surface area contributed by atoms with Crippen LogP contribution in [0.3, 0.4) is 0 Å². The normalized spacial score (nSPS) is 54.5. The largest absolute Gasteiger partial charge is 0.348 e. The standard InChI is InChI=1S/C21H34O2/c1-19-8-3-4-17(19)16-6-5-15-14-21(22-12-13-23-21)11-10-20(15,2)18(16)7-9-19/h15-18H,3-14H2,1-2H3/t15-,16+,17+,18-,19-,20-/m0/s1. The fraction of sp³-hybridized carbons (Fsp3) is 1.00. The van der Waals surface area contributed by atoms with Crippen molar-refractivity contribution >= 4 is 0 Å². The summed E-state index contributed by atoms with van der Waals surface area (Å²) >= 11 is 0. The molecular weight excluding hydrogens is 284 g/mol. The fourth-order valence-corrected chi connectivity index (χ4v) is 7.95. The Balaban J connectivity index is 1.41. The molecule has 0 aromatic carbocycles. The molecule has 1 saturated heterocycles. The Hall–Kier alpha value is -0.0800. The van der Waals surface area contributed by atoms with Gasteiger partial charge in [0.15, 0.2) is 5.79 Å². The van der Waals surface area contributed by atoms with Crippen molar-refractivity contribution in [1.29, 1.82) is 0 Å². The molecule has 23 heavy (non-hydrogen) atoms.